The average Bonchev–Trinajstić information content (AvgIpc) is 2.40. The van der Waals surface area contributed by atoms with Gasteiger partial charge < -0.3 is 4.74 Å². The van der Waals surface area contributed by atoms with E-state index in [1.165, 1.54) is 0 Å². The lowest BCUT2D eigenvalue weighted by Gasteiger charge is -2.10. The van der Waals surface area contributed by atoms with Gasteiger partial charge in [0.05, 0.1) is 6.61 Å². The summed E-state index contributed by atoms with van der Waals surface area (Å²) in [4.78, 5) is 14.7. The first kappa shape index (κ1) is 11.3. The molecule has 0 unspecified atom stereocenters. The lowest BCUT2D eigenvalue weighted by atomic mass is 10.0. The molecule has 0 fully saturated rings. The normalized spacial score (nSPS) is 9.94. The Kier molecular flexibility index (Phi) is 3.50. The van der Waals surface area contributed by atoms with Gasteiger partial charge >= 0.3 is 0 Å². The van der Waals surface area contributed by atoms with Crippen molar-refractivity contribution in [2.75, 3.05) is 6.61 Å². The maximum absolute atomic E-state index is 10.7. The van der Waals surface area contributed by atoms with Gasteiger partial charge in [0.2, 0.25) is 0 Å². The van der Waals surface area contributed by atoms with Crippen molar-refractivity contribution >= 4 is 6.29 Å². The molecule has 0 aliphatic heterocycles. The molecule has 1 aromatic carbocycles. The second-order valence-electron chi connectivity index (χ2n) is 3.54. The largest absolute Gasteiger partial charge is 0.493 e. The SMILES string of the molecule is CCOc1cc(C=O)ccc1-c1ccncc1. The van der Waals surface area contributed by atoms with Crippen molar-refractivity contribution in [1.82, 2.24) is 4.98 Å². The molecule has 3 heteroatoms. The van der Waals surface area contributed by atoms with E-state index in [1.54, 1.807) is 24.5 Å². The van der Waals surface area contributed by atoms with Crippen molar-refractivity contribution in [2.45, 2.75) is 6.92 Å². The van der Waals surface area contributed by atoms with E-state index in [9.17, 15) is 4.79 Å². The smallest absolute Gasteiger partial charge is 0.150 e. The minimum Gasteiger partial charge on any atom is -0.493 e. The van der Waals surface area contributed by atoms with E-state index in [0.717, 1.165) is 23.2 Å². The highest BCUT2D eigenvalue weighted by atomic mass is 16.5. The zero-order valence-electron chi connectivity index (χ0n) is 9.59. The molecule has 2 aromatic rings. The highest BCUT2D eigenvalue weighted by molar-refractivity contribution is 5.80. The van der Waals surface area contributed by atoms with Crippen LogP contribution in [0.2, 0.25) is 0 Å². The van der Waals surface area contributed by atoms with Crippen LogP contribution in [0.25, 0.3) is 11.1 Å². The van der Waals surface area contributed by atoms with E-state index in [0.29, 0.717) is 12.2 Å². The van der Waals surface area contributed by atoms with Gasteiger partial charge in [-0.2, -0.15) is 0 Å². The van der Waals surface area contributed by atoms with Crippen LogP contribution in [0.3, 0.4) is 0 Å². The zero-order chi connectivity index (χ0) is 12.1. The summed E-state index contributed by atoms with van der Waals surface area (Å²) >= 11 is 0. The maximum Gasteiger partial charge on any atom is 0.150 e. The third-order valence-corrected chi connectivity index (χ3v) is 2.43. The van der Waals surface area contributed by atoms with E-state index in [1.807, 2.05) is 25.1 Å². The molecule has 17 heavy (non-hydrogen) atoms. The molecule has 86 valence electrons. The molecule has 0 aliphatic rings. The molecule has 1 aromatic heterocycles. The highest BCUT2D eigenvalue weighted by Crippen LogP contribution is 2.30. The van der Waals surface area contributed by atoms with E-state index in [-0.39, 0.29) is 0 Å². The fraction of sp³-hybridized carbons (Fsp3) is 0.143. The number of hydrogen-bond donors (Lipinski definition) is 0. The van der Waals surface area contributed by atoms with Crippen LogP contribution in [0.5, 0.6) is 5.75 Å². The Morgan fingerprint density at radius 2 is 2.00 bits per heavy atom. The van der Waals surface area contributed by atoms with E-state index in [2.05, 4.69) is 4.98 Å². The Morgan fingerprint density at radius 3 is 2.65 bits per heavy atom. The van der Waals surface area contributed by atoms with Gasteiger partial charge in [-0.1, -0.05) is 6.07 Å². The molecule has 0 bridgehead atoms. The summed E-state index contributed by atoms with van der Waals surface area (Å²) in [5.74, 6) is 0.725. The van der Waals surface area contributed by atoms with Crippen LogP contribution in [0.1, 0.15) is 17.3 Å². The number of pyridine rings is 1. The summed E-state index contributed by atoms with van der Waals surface area (Å²) in [6, 6.07) is 9.26. The van der Waals surface area contributed by atoms with Gasteiger partial charge in [0.15, 0.2) is 0 Å². The Hall–Kier alpha value is -2.16. The highest BCUT2D eigenvalue weighted by Gasteiger charge is 2.06. The quantitative estimate of drug-likeness (QED) is 0.754. The first-order valence-electron chi connectivity index (χ1n) is 5.47. The second kappa shape index (κ2) is 5.25. The van der Waals surface area contributed by atoms with Crippen LogP contribution in [-0.4, -0.2) is 17.9 Å². The fourth-order valence-electron chi connectivity index (χ4n) is 1.66. The summed E-state index contributed by atoms with van der Waals surface area (Å²) in [7, 11) is 0. The topological polar surface area (TPSA) is 39.2 Å². The van der Waals surface area contributed by atoms with Crippen molar-refractivity contribution < 1.29 is 9.53 Å². The predicted molar refractivity (Wildman–Crippen MR) is 66.2 cm³/mol. The molecule has 0 N–H and O–H groups in total. The monoisotopic (exact) mass is 227 g/mol. The van der Waals surface area contributed by atoms with Crippen LogP contribution in [0.15, 0.2) is 42.7 Å². The molecule has 1 heterocycles. The average molecular weight is 227 g/mol. The van der Waals surface area contributed by atoms with Crippen LogP contribution in [0, 0.1) is 0 Å². The van der Waals surface area contributed by atoms with E-state index < -0.39 is 0 Å². The summed E-state index contributed by atoms with van der Waals surface area (Å²) < 4.78 is 5.55. The van der Waals surface area contributed by atoms with Gasteiger partial charge in [0, 0.05) is 23.5 Å². The first-order chi connectivity index (χ1) is 8.35. The number of hydrogen-bond acceptors (Lipinski definition) is 3. The summed E-state index contributed by atoms with van der Waals surface area (Å²) in [5, 5.41) is 0. The van der Waals surface area contributed by atoms with Crippen molar-refractivity contribution in [1.29, 1.82) is 0 Å². The first-order valence-corrected chi connectivity index (χ1v) is 5.47. The summed E-state index contributed by atoms with van der Waals surface area (Å²) in [6.07, 6.45) is 4.29. The van der Waals surface area contributed by atoms with Crippen LogP contribution in [0.4, 0.5) is 0 Å². The predicted octanol–water partition coefficient (Wildman–Crippen LogP) is 2.96. The molecule has 0 radical (unpaired) electrons. The van der Waals surface area contributed by atoms with Crippen LogP contribution < -0.4 is 4.74 Å². The number of aldehydes is 1. The lowest BCUT2D eigenvalue weighted by Crippen LogP contribution is -1.95. The van der Waals surface area contributed by atoms with Gasteiger partial charge in [0.25, 0.3) is 0 Å². The number of carbonyl (C=O) groups is 1. The Labute approximate surface area is 100 Å². The van der Waals surface area contributed by atoms with E-state index in [4.69, 9.17) is 4.74 Å². The summed E-state index contributed by atoms with van der Waals surface area (Å²) in [6.45, 7) is 2.49. The minimum absolute atomic E-state index is 0.570. The van der Waals surface area contributed by atoms with Crippen LogP contribution in [-0.2, 0) is 0 Å². The van der Waals surface area contributed by atoms with Gasteiger partial charge in [-0.15, -0.1) is 0 Å². The van der Waals surface area contributed by atoms with Gasteiger partial charge in [-0.05, 0) is 36.8 Å². The van der Waals surface area contributed by atoms with Crippen LogP contribution >= 0.6 is 0 Å². The number of ether oxygens (including phenoxy) is 1. The third-order valence-electron chi connectivity index (χ3n) is 2.43. The number of benzene rings is 1. The molecule has 0 spiro atoms. The molecule has 0 saturated carbocycles. The fourth-order valence-corrected chi connectivity index (χ4v) is 1.66. The Balaban J connectivity index is 2.49. The maximum atomic E-state index is 10.7. The van der Waals surface area contributed by atoms with Gasteiger partial charge in [-0.25, -0.2) is 0 Å². The zero-order valence-corrected chi connectivity index (χ0v) is 9.59. The second-order valence-corrected chi connectivity index (χ2v) is 3.54. The third kappa shape index (κ3) is 2.50. The van der Waals surface area contributed by atoms with Crippen molar-refractivity contribution in [3.05, 3.63) is 48.3 Å². The van der Waals surface area contributed by atoms with Crippen molar-refractivity contribution in [3.8, 4) is 16.9 Å². The van der Waals surface area contributed by atoms with Gasteiger partial charge in [-0.3, -0.25) is 9.78 Å². The number of aromatic nitrogens is 1. The molecular formula is C14H13NO2. The molecule has 3 nitrogen and oxygen atoms in total. The standard InChI is InChI=1S/C14H13NO2/c1-2-17-14-9-11(10-16)3-4-13(14)12-5-7-15-8-6-12/h3-10H,2H2,1H3. The van der Waals surface area contributed by atoms with E-state index >= 15 is 0 Å². The minimum atomic E-state index is 0.570. The number of nitrogens with zero attached hydrogens (tertiary/aromatic N) is 1. The molecule has 0 saturated heterocycles. The Morgan fingerprint density at radius 1 is 1.24 bits per heavy atom. The lowest BCUT2D eigenvalue weighted by molar-refractivity contribution is 0.112. The van der Waals surface area contributed by atoms with Crippen molar-refractivity contribution in [2.24, 2.45) is 0 Å². The molecule has 0 atom stereocenters. The van der Waals surface area contributed by atoms with Gasteiger partial charge in [0.1, 0.15) is 12.0 Å². The molecule has 0 amide bonds. The Bertz CT molecular complexity index is 509. The molecular weight excluding hydrogens is 214 g/mol. The number of carbonyl (C=O) groups excluding carboxylic acids is 1. The van der Waals surface area contributed by atoms with Crippen molar-refractivity contribution in [3.63, 3.8) is 0 Å². The number of rotatable bonds is 4. The molecule has 2 rings (SSSR count). The summed E-state index contributed by atoms with van der Waals surface area (Å²) in [5.41, 5.74) is 2.62. The molecule has 0 aliphatic carbocycles.